The van der Waals surface area contributed by atoms with Gasteiger partial charge in [0.1, 0.15) is 0 Å². The molecule has 0 aromatic heterocycles. The quantitative estimate of drug-likeness (QED) is 0.879. The van der Waals surface area contributed by atoms with E-state index < -0.39 is 0 Å². The summed E-state index contributed by atoms with van der Waals surface area (Å²) in [4.78, 5) is 26.2. The van der Waals surface area contributed by atoms with Crippen molar-refractivity contribution < 1.29 is 9.59 Å². The first-order valence-electron chi connectivity index (χ1n) is 7.15. The topological polar surface area (TPSA) is 75.4 Å². The molecule has 2 amide bonds. The van der Waals surface area contributed by atoms with Crippen molar-refractivity contribution in [2.24, 2.45) is 11.7 Å². The second-order valence-corrected chi connectivity index (χ2v) is 5.56. The third-order valence-electron chi connectivity index (χ3n) is 3.63. The maximum absolute atomic E-state index is 12.5. The van der Waals surface area contributed by atoms with Gasteiger partial charge < -0.3 is 16.0 Å². The maximum atomic E-state index is 12.5. The van der Waals surface area contributed by atoms with Crippen molar-refractivity contribution in [2.45, 2.75) is 12.8 Å². The lowest BCUT2D eigenvalue weighted by atomic mass is 9.96. The average Bonchev–Trinajstić information content (AvgIpc) is 2.52. The van der Waals surface area contributed by atoms with Gasteiger partial charge in [-0.3, -0.25) is 9.59 Å². The zero-order chi connectivity index (χ0) is 15.2. The number of carbonyl (C=O) groups excluding carboxylic acids is 2. The van der Waals surface area contributed by atoms with Crippen LogP contribution in [0.4, 0.5) is 0 Å². The SMILES string of the molecule is NCCNC(=O)C1CCCN(C(=O)c2ccccc2Cl)C1. The van der Waals surface area contributed by atoms with Gasteiger partial charge in [0.15, 0.2) is 0 Å². The van der Waals surface area contributed by atoms with Gasteiger partial charge in [0.2, 0.25) is 5.91 Å². The molecule has 6 heteroatoms. The van der Waals surface area contributed by atoms with Crippen LogP contribution in [0.2, 0.25) is 5.02 Å². The first kappa shape index (κ1) is 15.8. The van der Waals surface area contributed by atoms with Gasteiger partial charge >= 0.3 is 0 Å². The van der Waals surface area contributed by atoms with Crippen LogP contribution in [0.15, 0.2) is 24.3 Å². The predicted octanol–water partition coefficient (Wildman–Crippen LogP) is 1.27. The van der Waals surface area contributed by atoms with Crippen LogP contribution in [-0.4, -0.2) is 42.9 Å². The fraction of sp³-hybridized carbons (Fsp3) is 0.467. The monoisotopic (exact) mass is 309 g/mol. The summed E-state index contributed by atoms with van der Waals surface area (Å²) in [5.41, 5.74) is 5.87. The first-order chi connectivity index (χ1) is 10.1. The summed E-state index contributed by atoms with van der Waals surface area (Å²) in [6, 6.07) is 6.99. The van der Waals surface area contributed by atoms with E-state index in [-0.39, 0.29) is 17.7 Å². The lowest BCUT2D eigenvalue weighted by molar-refractivity contribution is -0.126. The number of hydrogen-bond acceptors (Lipinski definition) is 3. The second kappa shape index (κ2) is 7.43. The van der Waals surface area contributed by atoms with Crippen LogP contribution >= 0.6 is 11.6 Å². The summed E-state index contributed by atoms with van der Waals surface area (Å²) in [6.45, 7) is 1.97. The number of likely N-dealkylation sites (tertiary alicyclic amines) is 1. The van der Waals surface area contributed by atoms with Gasteiger partial charge in [-0.2, -0.15) is 0 Å². The van der Waals surface area contributed by atoms with Crippen molar-refractivity contribution in [3.8, 4) is 0 Å². The minimum Gasteiger partial charge on any atom is -0.355 e. The highest BCUT2D eigenvalue weighted by Gasteiger charge is 2.29. The van der Waals surface area contributed by atoms with E-state index >= 15 is 0 Å². The molecule has 1 aromatic carbocycles. The number of halogens is 1. The molecule has 1 saturated heterocycles. The molecule has 1 unspecified atom stereocenters. The van der Waals surface area contributed by atoms with Crippen LogP contribution in [0.1, 0.15) is 23.2 Å². The average molecular weight is 310 g/mol. The van der Waals surface area contributed by atoms with E-state index in [1.54, 1.807) is 29.2 Å². The normalized spacial score (nSPS) is 18.4. The predicted molar refractivity (Wildman–Crippen MR) is 82.1 cm³/mol. The standard InChI is InChI=1S/C15H20ClN3O2/c16-13-6-2-1-5-12(13)15(21)19-9-3-4-11(10-19)14(20)18-8-7-17/h1-2,5-6,11H,3-4,7-10,17H2,(H,18,20). The molecule has 3 N–H and O–H groups in total. The van der Waals surface area contributed by atoms with Crippen molar-refractivity contribution in [2.75, 3.05) is 26.2 Å². The van der Waals surface area contributed by atoms with E-state index in [4.69, 9.17) is 17.3 Å². The molecule has 114 valence electrons. The Morgan fingerprint density at radius 2 is 2.14 bits per heavy atom. The number of carbonyl (C=O) groups is 2. The van der Waals surface area contributed by atoms with Gasteiger partial charge in [0.05, 0.1) is 16.5 Å². The highest BCUT2D eigenvalue weighted by atomic mass is 35.5. The zero-order valence-corrected chi connectivity index (χ0v) is 12.6. The zero-order valence-electron chi connectivity index (χ0n) is 11.8. The second-order valence-electron chi connectivity index (χ2n) is 5.15. The van der Waals surface area contributed by atoms with E-state index in [1.165, 1.54) is 0 Å². The molecule has 0 bridgehead atoms. The molecule has 0 saturated carbocycles. The van der Waals surface area contributed by atoms with E-state index in [9.17, 15) is 9.59 Å². The molecule has 1 fully saturated rings. The van der Waals surface area contributed by atoms with Crippen molar-refractivity contribution >= 4 is 23.4 Å². The number of nitrogens with zero attached hydrogens (tertiary/aromatic N) is 1. The Bertz CT molecular complexity index is 521. The summed E-state index contributed by atoms with van der Waals surface area (Å²) in [5.74, 6) is -0.314. The van der Waals surface area contributed by atoms with E-state index in [0.29, 0.717) is 36.8 Å². The van der Waals surface area contributed by atoms with E-state index in [1.807, 2.05) is 0 Å². The molecular formula is C15H20ClN3O2. The summed E-state index contributed by atoms with van der Waals surface area (Å²) in [6.07, 6.45) is 1.61. The van der Waals surface area contributed by atoms with Crippen molar-refractivity contribution in [1.82, 2.24) is 10.2 Å². The number of piperidine rings is 1. The van der Waals surface area contributed by atoms with Gasteiger partial charge in [-0.05, 0) is 25.0 Å². The fourth-order valence-electron chi connectivity index (χ4n) is 2.52. The number of nitrogens with two attached hydrogens (primary N) is 1. The minimum atomic E-state index is -0.170. The van der Waals surface area contributed by atoms with Gasteiger partial charge in [-0.15, -0.1) is 0 Å². The lowest BCUT2D eigenvalue weighted by Crippen LogP contribution is -2.46. The van der Waals surface area contributed by atoms with Gasteiger partial charge in [-0.1, -0.05) is 23.7 Å². The summed E-state index contributed by atoms with van der Waals surface area (Å²) in [5, 5.41) is 3.23. The fourth-order valence-corrected chi connectivity index (χ4v) is 2.74. The molecule has 1 atom stereocenters. The summed E-state index contributed by atoms with van der Waals surface area (Å²) >= 11 is 6.07. The van der Waals surface area contributed by atoms with Crippen LogP contribution in [-0.2, 0) is 4.79 Å². The molecule has 0 spiro atoms. The maximum Gasteiger partial charge on any atom is 0.255 e. The van der Waals surface area contributed by atoms with E-state index in [0.717, 1.165) is 12.8 Å². The molecule has 2 rings (SSSR count). The third-order valence-corrected chi connectivity index (χ3v) is 3.96. The molecule has 5 nitrogen and oxygen atoms in total. The lowest BCUT2D eigenvalue weighted by Gasteiger charge is -2.32. The molecule has 0 radical (unpaired) electrons. The van der Waals surface area contributed by atoms with Gasteiger partial charge in [0.25, 0.3) is 5.91 Å². The van der Waals surface area contributed by atoms with Crippen LogP contribution < -0.4 is 11.1 Å². The molecule has 0 aliphatic carbocycles. The number of benzene rings is 1. The highest BCUT2D eigenvalue weighted by molar-refractivity contribution is 6.33. The number of amides is 2. The Balaban J connectivity index is 2.02. The Hall–Kier alpha value is -1.59. The molecular weight excluding hydrogens is 290 g/mol. The summed E-state index contributed by atoms with van der Waals surface area (Å²) < 4.78 is 0. The van der Waals surface area contributed by atoms with Gasteiger partial charge in [-0.25, -0.2) is 0 Å². The van der Waals surface area contributed by atoms with Crippen molar-refractivity contribution in [1.29, 1.82) is 0 Å². The molecule has 1 aliphatic rings. The highest BCUT2D eigenvalue weighted by Crippen LogP contribution is 2.22. The summed E-state index contributed by atoms with van der Waals surface area (Å²) in [7, 11) is 0. The van der Waals surface area contributed by atoms with Crippen molar-refractivity contribution in [3.63, 3.8) is 0 Å². The largest absolute Gasteiger partial charge is 0.355 e. The van der Waals surface area contributed by atoms with E-state index in [2.05, 4.69) is 5.32 Å². The Kier molecular flexibility index (Phi) is 5.59. The van der Waals surface area contributed by atoms with Crippen LogP contribution in [0.25, 0.3) is 0 Å². The number of rotatable bonds is 4. The van der Waals surface area contributed by atoms with Gasteiger partial charge in [0, 0.05) is 26.2 Å². The number of hydrogen-bond donors (Lipinski definition) is 2. The van der Waals surface area contributed by atoms with Crippen molar-refractivity contribution in [3.05, 3.63) is 34.9 Å². The van der Waals surface area contributed by atoms with Crippen LogP contribution in [0.3, 0.4) is 0 Å². The smallest absolute Gasteiger partial charge is 0.255 e. The first-order valence-corrected chi connectivity index (χ1v) is 7.53. The minimum absolute atomic E-state index is 0.0305. The Morgan fingerprint density at radius 3 is 2.86 bits per heavy atom. The molecule has 1 aliphatic heterocycles. The Labute approximate surface area is 129 Å². The molecule has 21 heavy (non-hydrogen) atoms. The number of nitrogens with one attached hydrogen (secondary N) is 1. The molecule has 1 heterocycles. The molecule has 1 aromatic rings. The third kappa shape index (κ3) is 3.95. The Morgan fingerprint density at radius 1 is 1.38 bits per heavy atom. The van der Waals surface area contributed by atoms with Crippen LogP contribution in [0, 0.1) is 5.92 Å². The van der Waals surface area contributed by atoms with Crippen LogP contribution in [0.5, 0.6) is 0 Å².